The number of aliphatic carboxylic acids is 2. The molecule has 0 bridgehead atoms. The van der Waals surface area contributed by atoms with E-state index in [9.17, 15) is 14.7 Å². The minimum Gasteiger partial charge on any atom is -0.481 e. The predicted molar refractivity (Wildman–Crippen MR) is 75.8 cm³/mol. The second-order valence-corrected chi connectivity index (χ2v) is 4.85. The zero-order valence-electron chi connectivity index (χ0n) is 11.4. The van der Waals surface area contributed by atoms with Gasteiger partial charge in [-0.3, -0.25) is 9.59 Å². The van der Waals surface area contributed by atoms with E-state index >= 15 is 0 Å². The van der Waals surface area contributed by atoms with E-state index in [1.807, 2.05) is 30.3 Å². The Balaban J connectivity index is 2.11. The van der Waals surface area contributed by atoms with Crippen LogP contribution >= 0.6 is 0 Å². The summed E-state index contributed by atoms with van der Waals surface area (Å²) < 4.78 is 5.31. The van der Waals surface area contributed by atoms with Gasteiger partial charge in [-0.15, -0.1) is 0 Å². The van der Waals surface area contributed by atoms with Gasteiger partial charge in [-0.05, 0) is 36.6 Å². The number of hydrogen-bond acceptors (Lipinski definition) is 3. The molecule has 1 unspecified atom stereocenters. The monoisotopic (exact) mass is 288 g/mol. The van der Waals surface area contributed by atoms with Crippen LogP contribution in [-0.4, -0.2) is 22.2 Å². The lowest BCUT2D eigenvalue weighted by atomic mass is 9.94. The van der Waals surface area contributed by atoms with E-state index in [-0.39, 0.29) is 12.8 Å². The van der Waals surface area contributed by atoms with E-state index in [0.717, 1.165) is 11.1 Å². The Kier molecular flexibility index (Phi) is 4.77. The molecule has 2 aromatic rings. The molecule has 0 aliphatic heterocycles. The molecule has 0 aliphatic rings. The maximum Gasteiger partial charge on any atom is 0.306 e. The summed E-state index contributed by atoms with van der Waals surface area (Å²) in [6.07, 6.45) is 1.86. The van der Waals surface area contributed by atoms with Crippen LogP contribution in [0, 0.1) is 5.92 Å². The van der Waals surface area contributed by atoms with Crippen molar-refractivity contribution in [1.29, 1.82) is 0 Å². The van der Waals surface area contributed by atoms with Gasteiger partial charge in [-0.1, -0.05) is 18.2 Å². The molecule has 2 rings (SSSR count). The van der Waals surface area contributed by atoms with Crippen LogP contribution in [0.5, 0.6) is 0 Å². The van der Waals surface area contributed by atoms with Crippen LogP contribution in [0.15, 0.2) is 47.1 Å². The molecule has 110 valence electrons. The van der Waals surface area contributed by atoms with E-state index in [0.29, 0.717) is 12.2 Å². The van der Waals surface area contributed by atoms with Gasteiger partial charge in [0.25, 0.3) is 0 Å². The Bertz CT molecular complexity index is 615. The van der Waals surface area contributed by atoms with E-state index in [1.54, 1.807) is 12.3 Å². The first kappa shape index (κ1) is 14.8. The van der Waals surface area contributed by atoms with E-state index < -0.39 is 17.9 Å². The van der Waals surface area contributed by atoms with Crippen molar-refractivity contribution >= 4 is 11.9 Å². The molecule has 5 heteroatoms. The van der Waals surface area contributed by atoms with Crippen LogP contribution in [0.1, 0.15) is 18.4 Å². The van der Waals surface area contributed by atoms with Gasteiger partial charge in [-0.25, -0.2) is 0 Å². The van der Waals surface area contributed by atoms with Gasteiger partial charge in [0.2, 0.25) is 0 Å². The first-order valence-electron chi connectivity index (χ1n) is 6.63. The largest absolute Gasteiger partial charge is 0.481 e. The van der Waals surface area contributed by atoms with Crippen molar-refractivity contribution in [3.8, 4) is 11.3 Å². The summed E-state index contributed by atoms with van der Waals surface area (Å²) in [5.74, 6) is -1.94. The molecule has 1 heterocycles. The zero-order valence-corrected chi connectivity index (χ0v) is 11.4. The average Bonchev–Trinajstić information content (AvgIpc) is 2.97. The number of furan rings is 1. The van der Waals surface area contributed by atoms with Crippen LogP contribution in [0.3, 0.4) is 0 Å². The molecule has 21 heavy (non-hydrogen) atoms. The summed E-state index contributed by atoms with van der Waals surface area (Å²) in [4.78, 5) is 21.8. The Hall–Kier alpha value is -2.56. The van der Waals surface area contributed by atoms with Gasteiger partial charge in [0.1, 0.15) is 5.76 Å². The highest BCUT2D eigenvalue weighted by Crippen LogP contribution is 2.23. The molecule has 1 aromatic carbocycles. The fourth-order valence-electron chi connectivity index (χ4n) is 2.19. The van der Waals surface area contributed by atoms with E-state index in [2.05, 4.69) is 0 Å². The van der Waals surface area contributed by atoms with Crippen LogP contribution in [0.4, 0.5) is 0 Å². The molecule has 0 saturated heterocycles. The molecule has 2 N–H and O–H groups in total. The maximum absolute atomic E-state index is 11.2. The lowest BCUT2D eigenvalue weighted by Crippen LogP contribution is -2.17. The summed E-state index contributed by atoms with van der Waals surface area (Å²) in [5.41, 5.74) is 1.72. The van der Waals surface area contributed by atoms with E-state index in [4.69, 9.17) is 9.52 Å². The Morgan fingerprint density at radius 2 is 1.95 bits per heavy atom. The molecule has 0 radical (unpaired) electrons. The lowest BCUT2D eigenvalue weighted by molar-refractivity contribution is -0.142. The average molecular weight is 288 g/mol. The van der Waals surface area contributed by atoms with Gasteiger partial charge < -0.3 is 14.6 Å². The number of hydrogen-bond donors (Lipinski definition) is 2. The van der Waals surface area contributed by atoms with Crippen molar-refractivity contribution < 1.29 is 24.2 Å². The van der Waals surface area contributed by atoms with Gasteiger partial charge >= 0.3 is 11.9 Å². The van der Waals surface area contributed by atoms with Crippen LogP contribution < -0.4 is 0 Å². The molecule has 1 aromatic heterocycles. The van der Waals surface area contributed by atoms with Crippen molar-refractivity contribution in [3.63, 3.8) is 0 Å². The maximum atomic E-state index is 11.2. The van der Waals surface area contributed by atoms with Crippen molar-refractivity contribution in [2.75, 3.05) is 0 Å². The zero-order chi connectivity index (χ0) is 15.2. The number of carboxylic acids is 2. The Labute approximate surface area is 121 Å². The summed E-state index contributed by atoms with van der Waals surface area (Å²) in [6.45, 7) is 0. The van der Waals surface area contributed by atoms with Gasteiger partial charge in [0, 0.05) is 12.0 Å². The fourth-order valence-corrected chi connectivity index (χ4v) is 2.19. The highest BCUT2D eigenvalue weighted by Gasteiger charge is 2.19. The third-order valence-corrected chi connectivity index (χ3v) is 3.27. The highest BCUT2D eigenvalue weighted by atomic mass is 16.4. The fraction of sp³-hybridized carbons (Fsp3) is 0.250. The second kappa shape index (κ2) is 6.74. The molecule has 0 amide bonds. The SMILES string of the molecule is O=C(O)CCC(Cc1cccc(-c2ccco2)c1)C(=O)O. The molecule has 0 aliphatic carbocycles. The topological polar surface area (TPSA) is 87.7 Å². The van der Waals surface area contributed by atoms with Crippen molar-refractivity contribution in [3.05, 3.63) is 48.2 Å². The molecule has 5 nitrogen and oxygen atoms in total. The minimum atomic E-state index is -0.981. The van der Waals surface area contributed by atoms with Crippen molar-refractivity contribution in [2.24, 2.45) is 5.92 Å². The van der Waals surface area contributed by atoms with Crippen molar-refractivity contribution in [1.82, 2.24) is 0 Å². The molecular formula is C16H16O5. The quantitative estimate of drug-likeness (QED) is 0.817. The second-order valence-electron chi connectivity index (χ2n) is 4.85. The summed E-state index contributed by atoms with van der Waals surface area (Å²) in [5, 5.41) is 17.9. The smallest absolute Gasteiger partial charge is 0.306 e. The Morgan fingerprint density at radius 3 is 2.57 bits per heavy atom. The number of rotatable bonds is 7. The first-order valence-corrected chi connectivity index (χ1v) is 6.63. The minimum absolute atomic E-state index is 0.121. The van der Waals surface area contributed by atoms with E-state index in [1.165, 1.54) is 0 Å². The summed E-state index contributed by atoms with van der Waals surface area (Å²) >= 11 is 0. The Morgan fingerprint density at radius 1 is 1.14 bits per heavy atom. The van der Waals surface area contributed by atoms with Crippen LogP contribution in [0.25, 0.3) is 11.3 Å². The standard InChI is InChI=1S/C16H16O5/c17-15(18)7-6-13(16(19)20)10-11-3-1-4-12(9-11)14-5-2-8-21-14/h1-5,8-9,13H,6-7,10H2,(H,17,18)(H,19,20). The number of carbonyl (C=O) groups is 2. The lowest BCUT2D eigenvalue weighted by Gasteiger charge is -2.11. The van der Waals surface area contributed by atoms with Crippen LogP contribution in [0.2, 0.25) is 0 Å². The summed E-state index contributed by atoms with van der Waals surface area (Å²) in [7, 11) is 0. The number of benzene rings is 1. The highest BCUT2D eigenvalue weighted by molar-refractivity contribution is 5.72. The number of carboxylic acid groups (broad SMARTS) is 2. The third kappa shape index (κ3) is 4.21. The predicted octanol–water partition coefficient (Wildman–Crippen LogP) is 3.05. The third-order valence-electron chi connectivity index (χ3n) is 3.27. The molecule has 0 saturated carbocycles. The van der Waals surface area contributed by atoms with Gasteiger partial charge in [0.15, 0.2) is 0 Å². The summed E-state index contributed by atoms with van der Waals surface area (Å²) in [6, 6.07) is 11.0. The molecule has 0 fully saturated rings. The molecule has 1 atom stereocenters. The normalized spacial score (nSPS) is 12.0. The van der Waals surface area contributed by atoms with Gasteiger partial charge in [0.05, 0.1) is 12.2 Å². The molecule has 0 spiro atoms. The van der Waals surface area contributed by atoms with Crippen molar-refractivity contribution in [2.45, 2.75) is 19.3 Å². The first-order chi connectivity index (χ1) is 10.1. The van der Waals surface area contributed by atoms with Gasteiger partial charge in [-0.2, -0.15) is 0 Å². The molecular weight excluding hydrogens is 272 g/mol. The van der Waals surface area contributed by atoms with Crippen LogP contribution in [-0.2, 0) is 16.0 Å².